The average Bonchev–Trinajstić information content (AvgIpc) is 3.14. The van der Waals surface area contributed by atoms with E-state index >= 15 is 0 Å². The standard InChI is InChI=1S/C26H23ClN2O6S/c1-15-22(25(32)34-13-12-33-3)23(18-9-5-6-10-19(18)27)29-24(31)21(36-26(29)28-15)14-17-8-4-7-11-20(17)35-16(2)30/h4-11,14,23H,12-13H2,1-3H3/b21-14+/t23-/m0/s1. The van der Waals surface area contributed by atoms with Crippen molar-refractivity contribution in [3.63, 3.8) is 0 Å². The normalized spacial score (nSPS) is 15.3. The van der Waals surface area contributed by atoms with Crippen LogP contribution < -0.4 is 19.6 Å². The molecule has 1 aliphatic heterocycles. The first-order chi connectivity index (χ1) is 17.3. The molecule has 0 radical (unpaired) electrons. The molecule has 10 heteroatoms. The topological polar surface area (TPSA) is 96.2 Å². The minimum Gasteiger partial charge on any atom is -0.460 e. The summed E-state index contributed by atoms with van der Waals surface area (Å²) in [5, 5.41) is 0.397. The number of nitrogens with zero attached hydrogens (tertiary/aromatic N) is 2. The molecule has 1 atom stereocenters. The summed E-state index contributed by atoms with van der Waals surface area (Å²) in [5.41, 5.74) is 1.41. The number of ether oxygens (including phenoxy) is 3. The van der Waals surface area contributed by atoms with Crippen molar-refractivity contribution in [1.82, 2.24) is 4.57 Å². The first-order valence-electron chi connectivity index (χ1n) is 11.0. The van der Waals surface area contributed by atoms with E-state index in [-0.39, 0.29) is 24.3 Å². The van der Waals surface area contributed by atoms with E-state index in [0.717, 1.165) is 0 Å². The summed E-state index contributed by atoms with van der Waals surface area (Å²) in [7, 11) is 1.51. The number of halogens is 1. The van der Waals surface area contributed by atoms with Crippen LogP contribution in [-0.2, 0) is 19.1 Å². The maximum atomic E-state index is 13.7. The van der Waals surface area contributed by atoms with E-state index in [1.165, 1.54) is 29.9 Å². The number of aromatic nitrogens is 1. The van der Waals surface area contributed by atoms with Gasteiger partial charge in [0.1, 0.15) is 18.4 Å². The third-order valence-electron chi connectivity index (χ3n) is 5.42. The van der Waals surface area contributed by atoms with Gasteiger partial charge in [0.05, 0.1) is 22.4 Å². The Morgan fingerprint density at radius 2 is 1.86 bits per heavy atom. The average molecular weight is 527 g/mol. The molecule has 0 aliphatic carbocycles. The van der Waals surface area contributed by atoms with Crippen molar-refractivity contribution in [2.75, 3.05) is 20.3 Å². The zero-order valence-corrected chi connectivity index (χ0v) is 21.4. The SMILES string of the molecule is COCCOC(=O)C1=C(C)N=c2s/c(=C/c3ccccc3OC(C)=O)c(=O)n2[C@H]1c1ccccc1Cl. The number of esters is 2. The summed E-state index contributed by atoms with van der Waals surface area (Å²) in [6.45, 7) is 3.29. The zero-order valence-electron chi connectivity index (χ0n) is 19.8. The van der Waals surface area contributed by atoms with Crippen LogP contribution in [0.3, 0.4) is 0 Å². The van der Waals surface area contributed by atoms with Crippen molar-refractivity contribution >= 4 is 41.0 Å². The van der Waals surface area contributed by atoms with Gasteiger partial charge in [0, 0.05) is 24.6 Å². The summed E-state index contributed by atoms with van der Waals surface area (Å²) >= 11 is 7.70. The van der Waals surface area contributed by atoms with Gasteiger partial charge in [-0.3, -0.25) is 14.2 Å². The molecule has 0 N–H and O–H groups in total. The third-order valence-corrected chi connectivity index (χ3v) is 6.75. The van der Waals surface area contributed by atoms with E-state index < -0.39 is 18.0 Å². The predicted octanol–water partition coefficient (Wildman–Crippen LogP) is 3.00. The molecule has 0 spiro atoms. The Labute approximate surface area is 215 Å². The number of fused-ring (bicyclic) bond motifs is 1. The van der Waals surface area contributed by atoms with Crippen molar-refractivity contribution in [3.05, 3.63) is 95.6 Å². The van der Waals surface area contributed by atoms with Crippen molar-refractivity contribution < 1.29 is 23.8 Å². The lowest BCUT2D eigenvalue weighted by molar-refractivity contribution is -0.140. The van der Waals surface area contributed by atoms with E-state index in [2.05, 4.69) is 4.99 Å². The molecule has 36 heavy (non-hydrogen) atoms. The van der Waals surface area contributed by atoms with Crippen LogP contribution in [0.25, 0.3) is 6.08 Å². The quantitative estimate of drug-likeness (QED) is 0.267. The summed E-state index contributed by atoms with van der Waals surface area (Å²) < 4.78 is 17.5. The van der Waals surface area contributed by atoms with Crippen LogP contribution in [0, 0.1) is 0 Å². The zero-order chi connectivity index (χ0) is 25.8. The van der Waals surface area contributed by atoms with Gasteiger partial charge in [-0.05, 0) is 30.7 Å². The molecular weight excluding hydrogens is 504 g/mol. The molecule has 1 aliphatic rings. The van der Waals surface area contributed by atoms with E-state index in [4.69, 9.17) is 25.8 Å². The molecule has 1 aromatic heterocycles. The molecule has 2 aromatic carbocycles. The van der Waals surface area contributed by atoms with Gasteiger partial charge in [0.15, 0.2) is 4.80 Å². The van der Waals surface area contributed by atoms with E-state index in [1.54, 1.807) is 61.5 Å². The number of methoxy groups -OCH3 is 1. The second kappa shape index (κ2) is 11.0. The van der Waals surface area contributed by atoms with Crippen LogP contribution in [0.5, 0.6) is 5.75 Å². The molecule has 0 saturated carbocycles. The van der Waals surface area contributed by atoms with Crippen LogP contribution in [0.2, 0.25) is 5.02 Å². The number of hydrogen-bond acceptors (Lipinski definition) is 8. The fraction of sp³-hybridized carbons (Fsp3) is 0.231. The van der Waals surface area contributed by atoms with E-state index in [9.17, 15) is 14.4 Å². The molecule has 0 unspecified atom stereocenters. The van der Waals surface area contributed by atoms with Crippen LogP contribution in [0.15, 0.2) is 69.6 Å². The van der Waals surface area contributed by atoms with Gasteiger partial charge < -0.3 is 14.2 Å². The molecular formula is C26H23ClN2O6S. The summed E-state index contributed by atoms with van der Waals surface area (Å²) in [5.74, 6) is -0.743. The van der Waals surface area contributed by atoms with Gasteiger partial charge in [-0.1, -0.05) is 59.3 Å². The fourth-order valence-electron chi connectivity index (χ4n) is 3.86. The highest BCUT2D eigenvalue weighted by molar-refractivity contribution is 7.07. The maximum Gasteiger partial charge on any atom is 0.338 e. The maximum absolute atomic E-state index is 13.7. The van der Waals surface area contributed by atoms with Crippen molar-refractivity contribution in [3.8, 4) is 5.75 Å². The Hall–Kier alpha value is -3.53. The monoisotopic (exact) mass is 526 g/mol. The van der Waals surface area contributed by atoms with Gasteiger partial charge in [0.2, 0.25) is 0 Å². The lowest BCUT2D eigenvalue weighted by Gasteiger charge is -2.25. The summed E-state index contributed by atoms with van der Waals surface area (Å²) in [4.78, 5) is 43.3. The van der Waals surface area contributed by atoms with Crippen LogP contribution >= 0.6 is 22.9 Å². The molecule has 0 fully saturated rings. The second-order valence-electron chi connectivity index (χ2n) is 7.86. The van der Waals surface area contributed by atoms with Gasteiger partial charge in [-0.2, -0.15) is 0 Å². The Morgan fingerprint density at radius 1 is 1.14 bits per heavy atom. The molecule has 8 nitrogen and oxygen atoms in total. The van der Waals surface area contributed by atoms with Crippen molar-refractivity contribution in [1.29, 1.82) is 0 Å². The molecule has 3 aromatic rings. The third kappa shape index (κ3) is 5.18. The van der Waals surface area contributed by atoms with Crippen LogP contribution in [-0.4, -0.2) is 36.8 Å². The number of carbonyl (C=O) groups excluding carboxylic acids is 2. The molecule has 4 rings (SSSR count). The smallest absolute Gasteiger partial charge is 0.338 e. The number of rotatable bonds is 7. The highest BCUT2D eigenvalue weighted by Gasteiger charge is 2.34. The molecule has 186 valence electrons. The molecule has 0 amide bonds. The second-order valence-corrected chi connectivity index (χ2v) is 9.28. The number of carbonyl (C=O) groups is 2. The summed E-state index contributed by atoms with van der Waals surface area (Å²) in [6.07, 6.45) is 1.64. The lowest BCUT2D eigenvalue weighted by atomic mass is 9.96. The predicted molar refractivity (Wildman–Crippen MR) is 136 cm³/mol. The van der Waals surface area contributed by atoms with E-state index in [1.807, 2.05) is 0 Å². The van der Waals surface area contributed by atoms with Crippen molar-refractivity contribution in [2.45, 2.75) is 19.9 Å². The number of benzene rings is 2. The molecule has 2 heterocycles. The Balaban J connectivity index is 1.91. The number of thiazole rings is 1. The largest absolute Gasteiger partial charge is 0.460 e. The lowest BCUT2D eigenvalue weighted by Crippen LogP contribution is -2.40. The highest BCUT2D eigenvalue weighted by atomic mass is 35.5. The van der Waals surface area contributed by atoms with Gasteiger partial charge in [-0.15, -0.1) is 0 Å². The minimum atomic E-state index is -0.837. The Bertz CT molecular complexity index is 1540. The summed E-state index contributed by atoms with van der Waals surface area (Å²) in [6, 6.07) is 13.1. The van der Waals surface area contributed by atoms with Crippen LogP contribution in [0.1, 0.15) is 31.0 Å². The first kappa shape index (κ1) is 25.6. The highest BCUT2D eigenvalue weighted by Crippen LogP contribution is 2.34. The van der Waals surface area contributed by atoms with Crippen LogP contribution in [0.4, 0.5) is 0 Å². The Kier molecular flexibility index (Phi) is 7.83. The minimum absolute atomic E-state index is 0.0543. The number of hydrogen-bond donors (Lipinski definition) is 0. The fourth-order valence-corrected chi connectivity index (χ4v) is 5.13. The molecule has 0 saturated heterocycles. The number of para-hydroxylation sites is 1. The van der Waals surface area contributed by atoms with Crippen molar-refractivity contribution in [2.24, 2.45) is 4.99 Å². The van der Waals surface area contributed by atoms with E-state index in [0.29, 0.717) is 36.9 Å². The van der Waals surface area contributed by atoms with Gasteiger partial charge in [0.25, 0.3) is 5.56 Å². The Morgan fingerprint density at radius 3 is 2.58 bits per heavy atom. The van der Waals surface area contributed by atoms with Gasteiger partial charge >= 0.3 is 11.9 Å². The molecule has 0 bridgehead atoms. The number of allylic oxidation sites excluding steroid dienone is 1. The van der Waals surface area contributed by atoms with Gasteiger partial charge in [-0.25, -0.2) is 9.79 Å². The first-order valence-corrected chi connectivity index (χ1v) is 12.2.